The Hall–Kier alpha value is -2.74. The summed E-state index contributed by atoms with van der Waals surface area (Å²) in [5.74, 6) is 0.903. The van der Waals surface area contributed by atoms with Crippen LogP contribution in [0.15, 0.2) is 18.2 Å². The average Bonchev–Trinajstić information content (AvgIpc) is 3.03. The third kappa shape index (κ3) is 2.46. The van der Waals surface area contributed by atoms with Gasteiger partial charge in [-0.25, -0.2) is 0 Å². The highest BCUT2D eigenvalue weighted by Gasteiger charge is 2.22. The number of aromatic nitrogens is 2. The van der Waals surface area contributed by atoms with Crippen LogP contribution in [-0.2, 0) is 4.74 Å². The van der Waals surface area contributed by atoms with Crippen molar-refractivity contribution in [2.45, 2.75) is 0 Å². The summed E-state index contributed by atoms with van der Waals surface area (Å²) >= 11 is 0. The normalized spacial score (nSPS) is 16.6. The minimum atomic E-state index is -0.280. The fraction of sp³-hybridized carbons (Fsp3) is 0.333. The van der Waals surface area contributed by atoms with Gasteiger partial charge in [-0.3, -0.25) is 0 Å². The van der Waals surface area contributed by atoms with Gasteiger partial charge >= 0.3 is 0 Å². The molecule has 1 saturated heterocycles. The van der Waals surface area contributed by atoms with E-state index in [9.17, 15) is 10.2 Å². The van der Waals surface area contributed by atoms with Crippen LogP contribution >= 0.6 is 0 Å². The van der Waals surface area contributed by atoms with Crippen molar-refractivity contribution in [3.8, 4) is 34.4 Å². The Morgan fingerprint density at radius 1 is 0.957 bits per heavy atom. The van der Waals surface area contributed by atoms with E-state index in [1.165, 1.54) is 0 Å². The summed E-state index contributed by atoms with van der Waals surface area (Å²) < 4.78 is 15.8. The second-order valence-corrected chi connectivity index (χ2v) is 5.21. The quantitative estimate of drug-likeness (QED) is 0.850. The molecule has 120 valence electrons. The molecule has 1 aromatic heterocycles. The molecule has 0 aliphatic carbocycles. The van der Waals surface area contributed by atoms with Gasteiger partial charge in [0.05, 0.1) is 13.2 Å². The van der Waals surface area contributed by atoms with Crippen molar-refractivity contribution in [2.24, 2.45) is 0 Å². The first-order valence-electron chi connectivity index (χ1n) is 7.25. The fourth-order valence-corrected chi connectivity index (χ4v) is 2.64. The zero-order valence-electron chi connectivity index (χ0n) is 12.2. The lowest BCUT2D eigenvalue weighted by Gasteiger charge is -2.27. The van der Waals surface area contributed by atoms with E-state index in [0.717, 1.165) is 0 Å². The van der Waals surface area contributed by atoms with Crippen LogP contribution in [-0.4, -0.2) is 53.3 Å². The maximum absolute atomic E-state index is 10.3. The van der Waals surface area contributed by atoms with Gasteiger partial charge in [-0.2, -0.15) is 9.97 Å². The van der Waals surface area contributed by atoms with E-state index in [1.54, 1.807) is 18.2 Å². The van der Waals surface area contributed by atoms with Crippen molar-refractivity contribution < 1.29 is 24.4 Å². The van der Waals surface area contributed by atoms with Gasteiger partial charge in [0, 0.05) is 13.1 Å². The Kier molecular flexibility index (Phi) is 3.30. The Morgan fingerprint density at radius 2 is 1.65 bits per heavy atom. The number of hydrogen-bond acceptors (Lipinski definition) is 8. The van der Waals surface area contributed by atoms with Crippen molar-refractivity contribution >= 4 is 5.95 Å². The van der Waals surface area contributed by atoms with Crippen LogP contribution in [0.25, 0.3) is 11.1 Å². The van der Waals surface area contributed by atoms with E-state index in [1.807, 2.05) is 4.90 Å². The minimum absolute atomic E-state index is 0.156. The molecule has 1 fully saturated rings. The molecule has 0 spiro atoms. The van der Waals surface area contributed by atoms with E-state index < -0.39 is 0 Å². The fourth-order valence-electron chi connectivity index (χ4n) is 2.64. The van der Waals surface area contributed by atoms with Crippen LogP contribution in [0.2, 0.25) is 0 Å². The van der Waals surface area contributed by atoms with Gasteiger partial charge in [0.25, 0.3) is 0 Å². The Labute approximate surface area is 131 Å². The molecule has 0 atom stereocenters. The highest BCUT2D eigenvalue weighted by Crippen LogP contribution is 2.41. The molecule has 0 radical (unpaired) electrons. The number of ether oxygens (including phenoxy) is 3. The smallest absolute Gasteiger partial charge is 0.232 e. The number of fused-ring (bicyclic) bond motifs is 1. The summed E-state index contributed by atoms with van der Waals surface area (Å²) in [4.78, 5) is 10.1. The van der Waals surface area contributed by atoms with E-state index >= 15 is 0 Å². The van der Waals surface area contributed by atoms with E-state index in [-0.39, 0.29) is 30.1 Å². The van der Waals surface area contributed by atoms with Gasteiger partial charge in [0.15, 0.2) is 11.5 Å². The largest absolute Gasteiger partial charge is 0.493 e. The van der Waals surface area contributed by atoms with Crippen LogP contribution in [0, 0.1) is 0 Å². The van der Waals surface area contributed by atoms with Gasteiger partial charge < -0.3 is 29.3 Å². The summed E-state index contributed by atoms with van der Waals surface area (Å²) in [5, 5.41) is 20.5. The third-order valence-electron chi connectivity index (χ3n) is 3.81. The first-order chi connectivity index (χ1) is 11.2. The zero-order valence-corrected chi connectivity index (χ0v) is 12.2. The van der Waals surface area contributed by atoms with Gasteiger partial charge in [0.2, 0.25) is 24.5 Å². The van der Waals surface area contributed by atoms with Gasteiger partial charge in [-0.1, -0.05) is 6.07 Å². The molecule has 0 saturated carbocycles. The van der Waals surface area contributed by atoms with E-state index in [4.69, 9.17) is 14.2 Å². The lowest BCUT2D eigenvalue weighted by molar-refractivity contribution is 0.122. The topological polar surface area (TPSA) is 97.2 Å². The Morgan fingerprint density at radius 3 is 2.39 bits per heavy atom. The second kappa shape index (κ2) is 5.47. The molecule has 2 N–H and O–H groups in total. The highest BCUT2D eigenvalue weighted by atomic mass is 16.7. The summed E-state index contributed by atoms with van der Waals surface area (Å²) in [6, 6.07) is 5.10. The van der Waals surface area contributed by atoms with Crippen LogP contribution in [0.4, 0.5) is 5.95 Å². The molecular weight excluding hydrogens is 302 g/mol. The monoisotopic (exact) mass is 317 g/mol. The van der Waals surface area contributed by atoms with Crippen molar-refractivity contribution in [1.82, 2.24) is 9.97 Å². The number of benzene rings is 1. The Bertz CT molecular complexity index is 723. The first-order valence-corrected chi connectivity index (χ1v) is 7.25. The maximum atomic E-state index is 10.3. The predicted octanol–water partition coefficient (Wildman–Crippen LogP) is 1.12. The minimum Gasteiger partial charge on any atom is -0.493 e. The maximum Gasteiger partial charge on any atom is 0.232 e. The number of anilines is 1. The van der Waals surface area contributed by atoms with E-state index in [2.05, 4.69) is 9.97 Å². The number of rotatable bonds is 2. The standard InChI is InChI=1S/C15H15N3O5/c19-13-12(9-1-2-10-11(7-9)23-8-22-10)14(20)17-15(16-13)18-3-5-21-6-4-18/h1-2,7H,3-6,8H2,(H2,16,17,19,20). The molecular formula is C15H15N3O5. The summed E-state index contributed by atoms with van der Waals surface area (Å²) in [5.41, 5.74) is 0.720. The molecule has 0 unspecified atom stereocenters. The van der Waals surface area contributed by atoms with E-state index in [0.29, 0.717) is 43.4 Å². The Balaban J connectivity index is 1.71. The molecule has 8 nitrogen and oxygen atoms in total. The molecule has 2 aliphatic heterocycles. The van der Waals surface area contributed by atoms with Gasteiger partial charge in [0.1, 0.15) is 5.56 Å². The zero-order chi connectivity index (χ0) is 15.8. The van der Waals surface area contributed by atoms with Crippen LogP contribution < -0.4 is 14.4 Å². The highest BCUT2D eigenvalue weighted by molar-refractivity contribution is 5.76. The first kappa shape index (κ1) is 13.9. The molecule has 23 heavy (non-hydrogen) atoms. The molecule has 4 rings (SSSR count). The van der Waals surface area contributed by atoms with Crippen molar-refractivity contribution in [3.05, 3.63) is 18.2 Å². The SMILES string of the molecule is Oc1nc(N2CCOCC2)nc(O)c1-c1ccc2c(c1)OCO2. The summed E-state index contributed by atoms with van der Waals surface area (Å²) in [6.07, 6.45) is 0. The predicted molar refractivity (Wildman–Crippen MR) is 80.0 cm³/mol. The van der Waals surface area contributed by atoms with Crippen molar-refractivity contribution in [3.63, 3.8) is 0 Å². The lowest BCUT2D eigenvalue weighted by Crippen LogP contribution is -2.37. The molecule has 1 aromatic carbocycles. The molecule has 0 bridgehead atoms. The molecule has 2 aromatic rings. The third-order valence-corrected chi connectivity index (χ3v) is 3.81. The number of aromatic hydroxyl groups is 2. The number of hydrogen-bond donors (Lipinski definition) is 2. The molecule has 2 aliphatic rings. The summed E-state index contributed by atoms with van der Waals surface area (Å²) in [7, 11) is 0. The second-order valence-electron chi connectivity index (χ2n) is 5.21. The number of nitrogens with zero attached hydrogens (tertiary/aromatic N) is 3. The molecule has 0 amide bonds. The summed E-state index contributed by atoms with van der Waals surface area (Å²) in [6.45, 7) is 2.51. The molecule has 8 heteroatoms. The van der Waals surface area contributed by atoms with Crippen molar-refractivity contribution in [2.75, 3.05) is 38.0 Å². The van der Waals surface area contributed by atoms with Crippen LogP contribution in [0.5, 0.6) is 23.3 Å². The van der Waals surface area contributed by atoms with Gasteiger partial charge in [-0.05, 0) is 17.7 Å². The lowest BCUT2D eigenvalue weighted by atomic mass is 10.1. The average molecular weight is 317 g/mol. The van der Waals surface area contributed by atoms with Crippen LogP contribution in [0.3, 0.4) is 0 Å². The molecule has 3 heterocycles. The van der Waals surface area contributed by atoms with Crippen LogP contribution in [0.1, 0.15) is 0 Å². The number of morpholine rings is 1. The van der Waals surface area contributed by atoms with Crippen molar-refractivity contribution in [1.29, 1.82) is 0 Å². The van der Waals surface area contributed by atoms with Gasteiger partial charge in [-0.15, -0.1) is 0 Å².